The van der Waals surface area contributed by atoms with E-state index < -0.39 is 29.4 Å². The molecule has 39 heavy (non-hydrogen) atoms. The summed E-state index contributed by atoms with van der Waals surface area (Å²) in [5, 5.41) is 11.0. The van der Waals surface area contributed by atoms with E-state index >= 15 is 0 Å². The molecule has 4 rings (SSSR count). The summed E-state index contributed by atoms with van der Waals surface area (Å²) in [6.45, 7) is 1.82. The third-order valence-electron chi connectivity index (χ3n) is 5.47. The topological polar surface area (TPSA) is 109 Å². The van der Waals surface area contributed by atoms with Gasteiger partial charge in [-0.15, -0.1) is 0 Å². The van der Waals surface area contributed by atoms with Crippen molar-refractivity contribution in [2.45, 2.75) is 13.5 Å². The smallest absolute Gasteiger partial charge is 0.294 e. The predicted molar refractivity (Wildman–Crippen MR) is 146 cm³/mol. The Bertz CT molecular complexity index is 1520. The van der Waals surface area contributed by atoms with E-state index in [4.69, 9.17) is 21.1 Å². The van der Waals surface area contributed by atoms with Crippen molar-refractivity contribution in [3.63, 3.8) is 0 Å². The average molecular weight is 566 g/mol. The summed E-state index contributed by atoms with van der Waals surface area (Å²) in [4.78, 5) is 38.7. The Hall–Kier alpha value is -4.33. The van der Waals surface area contributed by atoms with E-state index in [-0.39, 0.29) is 22.2 Å². The monoisotopic (exact) mass is 565 g/mol. The van der Waals surface area contributed by atoms with Crippen LogP contribution in [-0.2, 0) is 16.2 Å². The van der Waals surface area contributed by atoms with Crippen molar-refractivity contribution >= 4 is 52.2 Å². The molecule has 0 unspecified atom stereocenters. The van der Waals surface area contributed by atoms with Crippen LogP contribution in [0, 0.1) is 17.1 Å². The fourth-order valence-corrected chi connectivity index (χ4v) is 4.64. The molecule has 0 saturated carbocycles. The molecule has 0 aromatic heterocycles. The number of nitrogens with zero attached hydrogens (tertiary/aromatic N) is 2. The number of carbonyl (C=O) groups is 3. The first-order valence-electron chi connectivity index (χ1n) is 11.7. The SMILES string of the molecule is CCOc1cc(/C=C2/SC(=O)N(CC(=O)Nc3ccc(F)c(Cl)c3)C2=O)ccc1OCc1ccccc1C#N. The number of anilines is 1. The van der Waals surface area contributed by atoms with E-state index in [0.717, 1.165) is 16.5 Å². The van der Waals surface area contributed by atoms with Gasteiger partial charge in [0.2, 0.25) is 5.91 Å². The van der Waals surface area contributed by atoms with Gasteiger partial charge in [-0.3, -0.25) is 19.3 Å². The number of halogens is 2. The van der Waals surface area contributed by atoms with Crippen LogP contribution in [0.15, 0.2) is 65.6 Å². The van der Waals surface area contributed by atoms with Crippen molar-refractivity contribution in [3.8, 4) is 17.6 Å². The lowest BCUT2D eigenvalue weighted by Crippen LogP contribution is -2.36. The molecule has 1 aliphatic rings. The first-order chi connectivity index (χ1) is 18.8. The zero-order valence-electron chi connectivity index (χ0n) is 20.6. The van der Waals surface area contributed by atoms with Crippen molar-refractivity contribution in [2.75, 3.05) is 18.5 Å². The molecule has 0 atom stereocenters. The lowest BCUT2D eigenvalue weighted by Gasteiger charge is -2.13. The maximum atomic E-state index is 13.3. The molecule has 1 heterocycles. The van der Waals surface area contributed by atoms with Gasteiger partial charge in [-0.2, -0.15) is 5.26 Å². The highest BCUT2D eigenvalue weighted by Gasteiger charge is 2.36. The third-order valence-corrected chi connectivity index (χ3v) is 6.66. The van der Waals surface area contributed by atoms with Crippen molar-refractivity contribution in [3.05, 3.63) is 93.1 Å². The molecule has 0 spiro atoms. The third kappa shape index (κ3) is 6.76. The lowest BCUT2D eigenvalue weighted by molar-refractivity contribution is -0.127. The Labute approximate surface area is 233 Å². The van der Waals surface area contributed by atoms with Crippen LogP contribution in [0.5, 0.6) is 11.5 Å². The van der Waals surface area contributed by atoms with E-state index in [9.17, 15) is 24.0 Å². The summed E-state index contributed by atoms with van der Waals surface area (Å²) in [7, 11) is 0. The van der Waals surface area contributed by atoms with E-state index in [2.05, 4.69) is 11.4 Å². The molecule has 0 aliphatic carbocycles. The van der Waals surface area contributed by atoms with Crippen LogP contribution < -0.4 is 14.8 Å². The minimum absolute atomic E-state index is 0.136. The number of carbonyl (C=O) groups excluding carboxylic acids is 3. The molecule has 3 amide bonds. The molecule has 0 bridgehead atoms. The Kier molecular flexibility index (Phi) is 8.86. The Morgan fingerprint density at radius 1 is 1.13 bits per heavy atom. The summed E-state index contributed by atoms with van der Waals surface area (Å²) < 4.78 is 24.9. The second kappa shape index (κ2) is 12.5. The molecular formula is C28H21ClFN3O5S. The first-order valence-corrected chi connectivity index (χ1v) is 12.9. The highest BCUT2D eigenvalue weighted by Crippen LogP contribution is 2.35. The standard InChI is InChI=1S/C28H21ClFN3O5S/c1-2-37-24-11-17(7-10-23(24)38-16-19-6-4-3-5-18(19)14-31)12-25-27(35)33(28(36)39-25)15-26(34)32-20-8-9-22(30)21(29)13-20/h3-13H,2,15-16H2,1H3,(H,32,34)/b25-12+. The highest BCUT2D eigenvalue weighted by molar-refractivity contribution is 8.18. The number of hydrogen-bond acceptors (Lipinski definition) is 7. The molecule has 1 saturated heterocycles. The number of benzene rings is 3. The largest absolute Gasteiger partial charge is 0.490 e. The number of nitrogens with one attached hydrogen (secondary N) is 1. The molecule has 1 fully saturated rings. The number of nitriles is 1. The van der Waals surface area contributed by atoms with Crippen LogP contribution in [-0.4, -0.2) is 35.1 Å². The molecule has 0 radical (unpaired) electrons. The lowest BCUT2D eigenvalue weighted by atomic mass is 10.1. The number of imide groups is 1. The molecule has 1 aliphatic heterocycles. The number of thioether (sulfide) groups is 1. The van der Waals surface area contributed by atoms with E-state index in [1.807, 2.05) is 13.0 Å². The highest BCUT2D eigenvalue weighted by atomic mass is 35.5. The van der Waals surface area contributed by atoms with Gasteiger partial charge in [-0.1, -0.05) is 35.9 Å². The van der Waals surface area contributed by atoms with Gasteiger partial charge >= 0.3 is 0 Å². The molecule has 11 heteroatoms. The van der Waals surface area contributed by atoms with Crippen LogP contribution in [0.1, 0.15) is 23.6 Å². The first kappa shape index (κ1) is 27.7. The second-order valence-electron chi connectivity index (χ2n) is 8.14. The van der Waals surface area contributed by atoms with Crippen LogP contribution >= 0.6 is 23.4 Å². The van der Waals surface area contributed by atoms with Crippen LogP contribution in [0.3, 0.4) is 0 Å². The molecule has 1 N–H and O–H groups in total. The Morgan fingerprint density at radius 2 is 1.92 bits per heavy atom. The van der Waals surface area contributed by atoms with Crippen LogP contribution in [0.25, 0.3) is 6.08 Å². The fraction of sp³-hybridized carbons (Fsp3) is 0.143. The van der Waals surface area contributed by atoms with Gasteiger partial charge in [0.05, 0.1) is 28.2 Å². The average Bonchev–Trinajstić information content (AvgIpc) is 3.17. The van der Waals surface area contributed by atoms with Gasteiger partial charge in [-0.25, -0.2) is 4.39 Å². The van der Waals surface area contributed by atoms with Crippen molar-refractivity contribution in [2.24, 2.45) is 0 Å². The van der Waals surface area contributed by atoms with Crippen molar-refractivity contribution in [1.82, 2.24) is 4.90 Å². The second-order valence-corrected chi connectivity index (χ2v) is 9.54. The predicted octanol–water partition coefficient (Wildman–Crippen LogP) is 6.00. The molecule has 3 aromatic carbocycles. The number of hydrogen-bond donors (Lipinski definition) is 1. The van der Waals surface area contributed by atoms with Gasteiger partial charge in [0.15, 0.2) is 11.5 Å². The zero-order chi connectivity index (χ0) is 27.9. The molecule has 3 aromatic rings. The molecular weight excluding hydrogens is 545 g/mol. The van der Waals surface area contributed by atoms with Gasteiger partial charge in [0.25, 0.3) is 11.1 Å². The maximum Gasteiger partial charge on any atom is 0.294 e. The van der Waals surface area contributed by atoms with Gasteiger partial charge in [0, 0.05) is 11.3 Å². The molecule has 198 valence electrons. The zero-order valence-corrected chi connectivity index (χ0v) is 22.1. The summed E-state index contributed by atoms with van der Waals surface area (Å²) in [6, 6.07) is 17.9. The summed E-state index contributed by atoms with van der Waals surface area (Å²) >= 11 is 6.43. The Morgan fingerprint density at radius 3 is 2.67 bits per heavy atom. The quantitative estimate of drug-likeness (QED) is 0.317. The number of rotatable bonds is 9. The summed E-state index contributed by atoms with van der Waals surface area (Å²) in [6.07, 6.45) is 1.53. The minimum atomic E-state index is -0.640. The van der Waals surface area contributed by atoms with E-state index in [0.29, 0.717) is 41.0 Å². The van der Waals surface area contributed by atoms with Crippen molar-refractivity contribution in [1.29, 1.82) is 5.26 Å². The Balaban J connectivity index is 1.46. The normalized spacial score (nSPS) is 13.9. The van der Waals surface area contributed by atoms with Gasteiger partial charge < -0.3 is 14.8 Å². The maximum absolute atomic E-state index is 13.3. The van der Waals surface area contributed by atoms with Crippen LogP contribution in [0.2, 0.25) is 5.02 Å². The van der Waals surface area contributed by atoms with Gasteiger partial charge in [-0.05, 0) is 66.7 Å². The van der Waals surface area contributed by atoms with E-state index in [1.54, 1.807) is 36.4 Å². The van der Waals surface area contributed by atoms with Crippen molar-refractivity contribution < 1.29 is 28.2 Å². The number of ether oxygens (including phenoxy) is 2. The fourth-order valence-electron chi connectivity index (χ4n) is 3.62. The van der Waals surface area contributed by atoms with Gasteiger partial charge in [0.1, 0.15) is 19.0 Å². The summed E-state index contributed by atoms with van der Waals surface area (Å²) in [5.74, 6) is -1.02. The summed E-state index contributed by atoms with van der Waals surface area (Å²) in [5.41, 5.74) is 2.06. The van der Waals surface area contributed by atoms with E-state index in [1.165, 1.54) is 18.2 Å². The van der Waals surface area contributed by atoms with Crippen LogP contribution in [0.4, 0.5) is 14.9 Å². The minimum Gasteiger partial charge on any atom is -0.490 e. The number of amides is 3. The molecule has 8 nitrogen and oxygen atoms in total.